The minimum atomic E-state index is -4.72. The van der Waals surface area contributed by atoms with E-state index in [2.05, 4.69) is 165 Å². The highest BCUT2D eigenvalue weighted by atomic mass is 32.2. The summed E-state index contributed by atoms with van der Waals surface area (Å²) in [6.45, 7) is 17.0. The molecule has 13 rings (SSSR count). The number of hydrogen-bond donors (Lipinski definition) is 3. The molecule has 11 aromatic rings. The van der Waals surface area contributed by atoms with E-state index in [0.29, 0.717) is 82.6 Å². The van der Waals surface area contributed by atoms with E-state index in [0.717, 1.165) is 79.6 Å². The van der Waals surface area contributed by atoms with Crippen LogP contribution in [0, 0.1) is 55.4 Å². The van der Waals surface area contributed by atoms with Crippen LogP contribution in [-0.2, 0) is 80.3 Å². The molecule has 22 nitrogen and oxygen atoms in total. The predicted molar refractivity (Wildman–Crippen MR) is 441 cm³/mol. The number of anilines is 1. The summed E-state index contributed by atoms with van der Waals surface area (Å²) in [5.41, 5.74) is 20.2. The maximum Gasteiger partial charge on any atom is 0.373 e. The summed E-state index contributed by atoms with van der Waals surface area (Å²) in [7, 11) is -14.5. The maximum atomic E-state index is 12.4. The van der Waals surface area contributed by atoms with E-state index in [1.54, 1.807) is 36.4 Å². The number of aromatic nitrogens is 3. The van der Waals surface area contributed by atoms with Crippen LogP contribution in [0.2, 0.25) is 0 Å². The molecular formula is C89H88N6O16S4-2. The van der Waals surface area contributed by atoms with Gasteiger partial charge in [0.15, 0.2) is 0 Å². The highest BCUT2D eigenvalue weighted by Crippen LogP contribution is 2.41. The Morgan fingerprint density at radius 1 is 0.452 bits per heavy atom. The SMILES string of the molecule is CN(CC(=O)O)c1nc(CCCNS(C)(=O)=O)nc(CCCNS(C)(=O)=O)n1.Cc1cccc(C)c1/C=c1\ccc2c(c1)Oc1cc(Cc3c(C)cccc3C)ccc1C=2c1ccccc1S(=O)(=O)[O-].Cc1cccc(C)c1/C=c1\ccc2c(c1)Oc1cc(Cc3c(C)cccc3C)ccc1C=2c1ccccc1S(=O)(=O)[O-].O=C=O. The van der Waals surface area contributed by atoms with E-state index in [1.165, 1.54) is 79.7 Å². The molecule has 0 amide bonds. The van der Waals surface area contributed by atoms with Gasteiger partial charge in [-0.3, -0.25) is 4.79 Å². The largest absolute Gasteiger partial charge is 0.744 e. The first-order chi connectivity index (χ1) is 54.5. The van der Waals surface area contributed by atoms with Crippen LogP contribution in [-0.4, -0.2) is 114 Å². The average Bonchev–Trinajstić information content (AvgIpc) is 0.747. The van der Waals surface area contributed by atoms with E-state index in [9.17, 15) is 47.6 Å². The summed E-state index contributed by atoms with van der Waals surface area (Å²) in [5, 5.41) is 12.3. The molecule has 2 aliphatic heterocycles. The van der Waals surface area contributed by atoms with Crippen LogP contribution in [0.3, 0.4) is 0 Å². The molecule has 0 saturated carbocycles. The van der Waals surface area contributed by atoms with Crippen molar-refractivity contribution in [3.63, 3.8) is 0 Å². The van der Waals surface area contributed by atoms with Crippen molar-refractivity contribution in [3.8, 4) is 23.0 Å². The van der Waals surface area contributed by atoms with Crippen molar-refractivity contribution in [2.24, 2.45) is 0 Å². The van der Waals surface area contributed by atoms with Crippen molar-refractivity contribution in [2.75, 3.05) is 44.1 Å². The second-order valence-electron chi connectivity index (χ2n) is 28.4. The highest BCUT2D eigenvalue weighted by molar-refractivity contribution is 7.89. The molecule has 0 aliphatic carbocycles. The van der Waals surface area contributed by atoms with Gasteiger partial charge < -0.3 is 28.6 Å². The lowest BCUT2D eigenvalue weighted by Gasteiger charge is -2.24. The van der Waals surface area contributed by atoms with Crippen molar-refractivity contribution in [1.82, 2.24) is 24.4 Å². The van der Waals surface area contributed by atoms with Gasteiger partial charge in [0.25, 0.3) is 0 Å². The number of carboxylic acids is 1. The van der Waals surface area contributed by atoms with E-state index in [1.807, 2.05) is 72.8 Å². The molecule has 0 radical (unpaired) electrons. The summed E-state index contributed by atoms with van der Waals surface area (Å²) in [6.07, 6.45) is 9.78. The highest BCUT2D eigenvalue weighted by Gasteiger charge is 2.27. The van der Waals surface area contributed by atoms with Crippen molar-refractivity contribution in [3.05, 3.63) is 327 Å². The van der Waals surface area contributed by atoms with Crippen molar-refractivity contribution in [1.29, 1.82) is 0 Å². The van der Waals surface area contributed by atoms with Gasteiger partial charge in [0, 0.05) is 76.8 Å². The minimum absolute atomic E-state index is 0.189. The zero-order valence-electron chi connectivity index (χ0n) is 65.5. The van der Waals surface area contributed by atoms with Gasteiger partial charge in [-0.1, -0.05) is 146 Å². The normalized spacial score (nSPS) is 12.5. The molecular weight excluding hydrogens is 1540 g/mol. The van der Waals surface area contributed by atoms with Crippen molar-refractivity contribution in [2.45, 2.75) is 104 Å². The van der Waals surface area contributed by atoms with Crippen LogP contribution < -0.4 is 44.7 Å². The Morgan fingerprint density at radius 2 is 0.800 bits per heavy atom. The number of carbonyl (C=O) groups excluding carboxylic acids is 2. The number of likely N-dealkylation sites (N-methyl/N-ethyl adjacent to an activating group) is 1. The van der Waals surface area contributed by atoms with Crippen LogP contribution in [0.5, 0.6) is 23.0 Å². The molecule has 0 atom stereocenters. The molecule has 10 aromatic carbocycles. The fraction of sp³-hybridized carbons (Fsp3) is 0.225. The lowest BCUT2D eigenvalue weighted by molar-refractivity contribution is -0.191. The fourth-order valence-electron chi connectivity index (χ4n) is 13.9. The Bertz CT molecular complexity index is 5920. The molecule has 596 valence electrons. The van der Waals surface area contributed by atoms with Crippen LogP contribution >= 0.6 is 0 Å². The second kappa shape index (κ2) is 37.2. The second-order valence-corrected chi connectivity index (χ2v) is 34.7. The molecule has 26 heteroatoms. The minimum Gasteiger partial charge on any atom is -0.744 e. The molecule has 0 unspecified atom stereocenters. The van der Waals surface area contributed by atoms with E-state index in [4.69, 9.17) is 24.2 Å². The summed E-state index contributed by atoms with van der Waals surface area (Å²) >= 11 is 0. The number of sulfonamides is 2. The summed E-state index contributed by atoms with van der Waals surface area (Å²) in [4.78, 5) is 40.8. The smallest absolute Gasteiger partial charge is 0.373 e. The van der Waals surface area contributed by atoms with Gasteiger partial charge in [-0.05, 0) is 230 Å². The molecule has 0 spiro atoms. The summed E-state index contributed by atoms with van der Waals surface area (Å²) < 4.78 is 136. The average molecular weight is 1630 g/mol. The Kier molecular flexibility index (Phi) is 27.9. The first-order valence-electron chi connectivity index (χ1n) is 36.7. The number of nitrogens with zero attached hydrogens (tertiary/aromatic N) is 4. The van der Waals surface area contributed by atoms with Gasteiger partial charge in [-0.2, -0.15) is 19.6 Å². The van der Waals surface area contributed by atoms with Gasteiger partial charge in [0.05, 0.1) is 22.3 Å². The third-order valence-corrected chi connectivity index (χ3v) is 22.8. The number of hydrogen-bond acceptors (Lipinski definition) is 19. The molecule has 2 aliphatic rings. The number of carboxylic acid groups (broad SMARTS) is 1. The molecule has 3 heterocycles. The number of carbonyl (C=O) groups is 1. The third kappa shape index (κ3) is 22.5. The zero-order chi connectivity index (χ0) is 83.3. The first kappa shape index (κ1) is 86.0. The predicted octanol–water partition coefficient (Wildman–Crippen LogP) is 11.0. The van der Waals surface area contributed by atoms with Gasteiger partial charge in [-0.25, -0.2) is 48.1 Å². The Balaban J connectivity index is 0.000000183. The maximum absolute atomic E-state index is 12.4. The standard InChI is InChI=1S/2C37H32O4S.C14H26N6O6S2.CO2/c2*1-23-9-7-10-24(2)32(23)19-27-15-17-29-34(21-27)41-35-22-28(20-33-25(3)11-8-12-26(33)4)16-18-30(35)37(29)31-13-5-6-14-36(31)42(38,39)40;1-20(10-13(21)22)14-18-11(6-4-8-15-27(2,23)24)17-12(19-14)7-5-9-16-28(3,25)26;2-1-3/h2*5-19,21-22H,20H2,1-4H3,(H,38,39,40);15-16H,4-10H2,1-3H3,(H,21,22);/p-2/b2*27-19+;;. The molecule has 0 saturated heterocycles. The summed E-state index contributed by atoms with van der Waals surface area (Å²) in [5.74, 6) is 2.44. The third-order valence-electron chi connectivity index (χ3n) is 19.5. The van der Waals surface area contributed by atoms with Gasteiger partial charge in [-0.15, -0.1) is 0 Å². The zero-order valence-corrected chi connectivity index (χ0v) is 68.8. The fourth-order valence-corrected chi connectivity index (χ4v) is 16.3. The van der Waals surface area contributed by atoms with E-state index < -0.39 is 46.3 Å². The van der Waals surface area contributed by atoms with E-state index >= 15 is 0 Å². The molecule has 115 heavy (non-hydrogen) atoms. The van der Waals surface area contributed by atoms with Crippen LogP contribution in [0.15, 0.2) is 204 Å². The number of aliphatic carboxylic acids is 1. The van der Waals surface area contributed by atoms with Crippen molar-refractivity contribution >= 4 is 81.7 Å². The van der Waals surface area contributed by atoms with Crippen molar-refractivity contribution < 1.29 is 71.7 Å². The molecule has 0 bridgehead atoms. The van der Waals surface area contributed by atoms with Gasteiger partial charge >= 0.3 is 12.1 Å². The number of nitrogens with one attached hydrogen (secondary N) is 2. The number of ether oxygens (including phenoxy) is 2. The van der Waals surface area contributed by atoms with Gasteiger partial charge in [0.1, 0.15) is 61.4 Å². The number of aryl methyl sites for hydroxylation is 10. The van der Waals surface area contributed by atoms with E-state index in [-0.39, 0.29) is 41.5 Å². The Hall–Kier alpha value is -11.4. The Labute approximate surface area is 671 Å². The molecule has 3 N–H and O–H groups in total. The van der Waals surface area contributed by atoms with Crippen LogP contribution in [0.1, 0.15) is 125 Å². The monoisotopic (exact) mass is 1620 g/mol. The number of rotatable bonds is 23. The van der Waals surface area contributed by atoms with Gasteiger partial charge in [0.2, 0.25) is 26.0 Å². The van der Waals surface area contributed by atoms with Crippen LogP contribution in [0.25, 0.3) is 23.3 Å². The number of fused-ring (bicyclic) bond motifs is 4. The molecule has 0 fully saturated rings. The first-order valence-corrected chi connectivity index (χ1v) is 43.3. The van der Waals surface area contributed by atoms with Crippen LogP contribution in [0.4, 0.5) is 5.95 Å². The molecule has 1 aromatic heterocycles. The Morgan fingerprint density at radius 3 is 1.14 bits per heavy atom. The number of benzene rings is 10. The summed E-state index contributed by atoms with van der Waals surface area (Å²) in [6, 6.07) is 61.8. The lowest BCUT2D eigenvalue weighted by atomic mass is 9.90. The lowest BCUT2D eigenvalue weighted by Crippen LogP contribution is -2.28. The topological polar surface area (TPSA) is 339 Å². The quantitative estimate of drug-likeness (QED) is 0.0395.